The second-order valence-electron chi connectivity index (χ2n) is 4.41. The molecule has 120 valence electrons. The molecule has 0 bridgehead atoms. The lowest BCUT2D eigenvalue weighted by atomic mass is 10.2. The molecule has 0 saturated heterocycles. The summed E-state index contributed by atoms with van der Waals surface area (Å²) < 4.78 is 1.81. The Morgan fingerprint density at radius 1 is 1.50 bits per heavy atom. The predicted octanol–water partition coefficient (Wildman–Crippen LogP) is 2.72. The molecule has 0 aliphatic rings. The molecule has 1 heterocycles. The third-order valence-electron chi connectivity index (χ3n) is 2.69. The Labute approximate surface area is 144 Å². The van der Waals surface area contributed by atoms with Gasteiger partial charge in [0.25, 0.3) is 0 Å². The number of hydrogen-bond acceptors (Lipinski definition) is 5. The maximum Gasteiger partial charge on any atom is 0.224 e. The Morgan fingerprint density at radius 2 is 2.27 bits per heavy atom. The number of nitrogens with one attached hydrogen (secondary N) is 1. The van der Waals surface area contributed by atoms with Gasteiger partial charge in [-0.3, -0.25) is 4.79 Å². The van der Waals surface area contributed by atoms with Crippen molar-refractivity contribution in [3.63, 3.8) is 0 Å². The number of anilines is 1. The van der Waals surface area contributed by atoms with Crippen LogP contribution in [0, 0.1) is 0 Å². The molecule has 0 saturated carbocycles. The van der Waals surface area contributed by atoms with Gasteiger partial charge in [-0.2, -0.15) is 0 Å². The molecule has 1 amide bonds. The summed E-state index contributed by atoms with van der Waals surface area (Å²) in [7, 11) is 1.86. The van der Waals surface area contributed by atoms with E-state index in [2.05, 4.69) is 15.5 Å². The molecule has 22 heavy (non-hydrogen) atoms. The Bertz CT molecular complexity index is 635. The van der Waals surface area contributed by atoms with Crippen molar-refractivity contribution in [2.45, 2.75) is 22.9 Å². The summed E-state index contributed by atoms with van der Waals surface area (Å²) in [6.45, 7) is 0.501. The summed E-state index contributed by atoms with van der Waals surface area (Å²) in [4.78, 5) is 12.5. The van der Waals surface area contributed by atoms with Crippen molar-refractivity contribution in [1.29, 1.82) is 0 Å². The maximum atomic E-state index is 11.6. The minimum absolute atomic E-state index is 0. The fraction of sp³-hybridized carbons (Fsp3) is 0.308. The molecule has 2 rings (SSSR count). The van der Waals surface area contributed by atoms with Crippen LogP contribution in [0.4, 0.5) is 5.69 Å². The number of carbonyl (C=O) groups excluding carboxylic acids is 1. The molecule has 0 radical (unpaired) electrons. The van der Waals surface area contributed by atoms with E-state index in [1.54, 1.807) is 12.4 Å². The van der Waals surface area contributed by atoms with Crippen molar-refractivity contribution in [3.05, 3.63) is 29.5 Å². The summed E-state index contributed by atoms with van der Waals surface area (Å²) in [6, 6.07) is 5.38. The Balaban J connectivity index is 0.00000242. The van der Waals surface area contributed by atoms with Crippen molar-refractivity contribution < 1.29 is 4.79 Å². The average molecular weight is 362 g/mol. The van der Waals surface area contributed by atoms with E-state index in [1.807, 2.05) is 23.7 Å². The molecule has 0 aliphatic heterocycles. The fourth-order valence-corrected chi connectivity index (χ4v) is 2.68. The quantitative estimate of drug-likeness (QED) is 0.825. The van der Waals surface area contributed by atoms with Crippen LogP contribution in [0.5, 0.6) is 0 Å². The molecule has 0 fully saturated rings. The molecule has 1 aromatic carbocycles. The smallest absolute Gasteiger partial charge is 0.224 e. The zero-order valence-electron chi connectivity index (χ0n) is 12.0. The number of amides is 1. The first-order chi connectivity index (χ1) is 10.1. The first-order valence-corrected chi connectivity index (χ1v) is 7.61. The SMILES string of the molecule is Cl.Cn1cnnc1Sc1ccc(NC(=O)CCCN)cc1Cl. The summed E-state index contributed by atoms with van der Waals surface area (Å²) in [5, 5.41) is 11.9. The second-order valence-corrected chi connectivity index (χ2v) is 5.83. The zero-order chi connectivity index (χ0) is 15.2. The Hall–Kier alpha value is -1.28. The van der Waals surface area contributed by atoms with E-state index in [4.69, 9.17) is 17.3 Å². The lowest BCUT2D eigenvalue weighted by Crippen LogP contribution is -2.13. The summed E-state index contributed by atoms with van der Waals surface area (Å²) in [5.74, 6) is -0.0646. The van der Waals surface area contributed by atoms with E-state index in [1.165, 1.54) is 11.8 Å². The van der Waals surface area contributed by atoms with Crippen LogP contribution in [0.15, 0.2) is 34.6 Å². The highest BCUT2D eigenvalue weighted by Crippen LogP contribution is 2.33. The van der Waals surface area contributed by atoms with Crippen LogP contribution in [0.1, 0.15) is 12.8 Å². The summed E-state index contributed by atoms with van der Waals surface area (Å²) in [6.07, 6.45) is 2.70. The van der Waals surface area contributed by atoms with Gasteiger partial charge in [-0.05, 0) is 42.9 Å². The zero-order valence-corrected chi connectivity index (χ0v) is 14.3. The highest BCUT2D eigenvalue weighted by atomic mass is 35.5. The van der Waals surface area contributed by atoms with Gasteiger partial charge in [0.05, 0.1) is 5.02 Å². The van der Waals surface area contributed by atoms with E-state index in [0.29, 0.717) is 30.1 Å². The van der Waals surface area contributed by atoms with Crippen molar-refractivity contribution in [2.24, 2.45) is 12.8 Å². The molecule has 0 atom stereocenters. The number of benzene rings is 1. The Morgan fingerprint density at radius 3 is 2.86 bits per heavy atom. The molecule has 0 unspecified atom stereocenters. The van der Waals surface area contributed by atoms with Gasteiger partial charge < -0.3 is 15.6 Å². The van der Waals surface area contributed by atoms with Crippen LogP contribution >= 0.6 is 35.8 Å². The van der Waals surface area contributed by atoms with Gasteiger partial charge in [0.1, 0.15) is 6.33 Å². The molecule has 0 aliphatic carbocycles. The molecule has 1 aromatic heterocycles. The number of nitrogens with zero attached hydrogens (tertiary/aromatic N) is 3. The molecule has 0 spiro atoms. The number of aromatic nitrogens is 3. The minimum atomic E-state index is -0.0646. The van der Waals surface area contributed by atoms with Crippen LogP contribution in [0.2, 0.25) is 5.02 Å². The van der Waals surface area contributed by atoms with E-state index < -0.39 is 0 Å². The maximum absolute atomic E-state index is 11.6. The predicted molar refractivity (Wildman–Crippen MR) is 90.7 cm³/mol. The molecule has 3 N–H and O–H groups in total. The normalized spacial score (nSPS) is 10.1. The number of hydrogen-bond donors (Lipinski definition) is 2. The van der Waals surface area contributed by atoms with Gasteiger partial charge in [-0.15, -0.1) is 22.6 Å². The van der Waals surface area contributed by atoms with E-state index in [9.17, 15) is 4.79 Å². The van der Waals surface area contributed by atoms with Crippen LogP contribution in [-0.4, -0.2) is 27.2 Å². The van der Waals surface area contributed by atoms with Gasteiger partial charge in [0.15, 0.2) is 5.16 Å². The van der Waals surface area contributed by atoms with Crippen LogP contribution in [0.25, 0.3) is 0 Å². The third kappa shape index (κ3) is 5.17. The molecule has 9 heteroatoms. The topological polar surface area (TPSA) is 85.8 Å². The molecular weight excluding hydrogens is 345 g/mol. The van der Waals surface area contributed by atoms with Gasteiger partial charge in [0, 0.05) is 24.1 Å². The van der Waals surface area contributed by atoms with Gasteiger partial charge in [-0.1, -0.05) is 11.6 Å². The van der Waals surface area contributed by atoms with Crippen molar-refractivity contribution in [1.82, 2.24) is 14.8 Å². The molecular formula is C13H17Cl2N5OS. The fourth-order valence-electron chi connectivity index (χ4n) is 1.61. The van der Waals surface area contributed by atoms with Crippen LogP contribution < -0.4 is 11.1 Å². The standard InChI is InChI=1S/C13H16ClN5OS.ClH/c1-19-8-16-18-13(19)21-11-5-4-9(7-10(11)14)17-12(20)3-2-6-15;/h4-5,7-8H,2-3,6,15H2,1H3,(H,17,20);1H. The minimum Gasteiger partial charge on any atom is -0.330 e. The largest absolute Gasteiger partial charge is 0.330 e. The number of carbonyl (C=O) groups is 1. The molecule has 6 nitrogen and oxygen atoms in total. The van der Waals surface area contributed by atoms with E-state index >= 15 is 0 Å². The van der Waals surface area contributed by atoms with Crippen LogP contribution in [0.3, 0.4) is 0 Å². The highest BCUT2D eigenvalue weighted by molar-refractivity contribution is 7.99. The number of aryl methyl sites for hydroxylation is 1. The number of nitrogens with two attached hydrogens (primary N) is 1. The van der Waals surface area contributed by atoms with E-state index in [-0.39, 0.29) is 18.3 Å². The van der Waals surface area contributed by atoms with Crippen molar-refractivity contribution >= 4 is 47.4 Å². The van der Waals surface area contributed by atoms with Gasteiger partial charge >= 0.3 is 0 Å². The van der Waals surface area contributed by atoms with Gasteiger partial charge in [0.2, 0.25) is 5.91 Å². The first-order valence-electron chi connectivity index (χ1n) is 6.41. The number of halogens is 2. The Kier molecular flexibility index (Phi) is 7.67. The summed E-state index contributed by atoms with van der Waals surface area (Å²) in [5.41, 5.74) is 6.04. The molecule has 2 aromatic rings. The van der Waals surface area contributed by atoms with Gasteiger partial charge in [-0.25, -0.2) is 0 Å². The lowest BCUT2D eigenvalue weighted by Gasteiger charge is -2.08. The highest BCUT2D eigenvalue weighted by Gasteiger charge is 2.09. The first kappa shape index (κ1) is 18.8. The van der Waals surface area contributed by atoms with Crippen molar-refractivity contribution in [3.8, 4) is 0 Å². The third-order valence-corrected chi connectivity index (χ3v) is 4.25. The van der Waals surface area contributed by atoms with E-state index in [0.717, 1.165) is 10.1 Å². The average Bonchev–Trinajstić information content (AvgIpc) is 2.85. The lowest BCUT2D eigenvalue weighted by molar-refractivity contribution is -0.116. The summed E-state index contributed by atoms with van der Waals surface area (Å²) >= 11 is 7.65. The second kappa shape index (κ2) is 8.99. The van der Waals surface area contributed by atoms with Crippen molar-refractivity contribution in [2.75, 3.05) is 11.9 Å². The monoisotopic (exact) mass is 361 g/mol. The van der Waals surface area contributed by atoms with Crippen LogP contribution in [-0.2, 0) is 11.8 Å². The number of rotatable bonds is 6.